The molecule has 3 atom stereocenters. The van der Waals surface area contributed by atoms with Crippen LogP contribution >= 0.6 is 0 Å². The lowest BCUT2D eigenvalue weighted by molar-refractivity contribution is 0.0106. The van der Waals surface area contributed by atoms with Crippen molar-refractivity contribution in [2.24, 2.45) is 5.92 Å². The minimum Gasteiger partial charge on any atom is -0.512 e. The molecule has 3 heteroatoms. The summed E-state index contributed by atoms with van der Waals surface area (Å²) >= 11 is 0. The van der Waals surface area contributed by atoms with Crippen molar-refractivity contribution in [3.63, 3.8) is 0 Å². The fourth-order valence-electron chi connectivity index (χ4n) is 4.85. The molecule has 3 aromatic rings. The monoisotopic (exact) mass is 425 g/mol. The van der Waals surface area contributed by atoms with Gasteiger partial charge in [0.1, 0.15) is 0 Å². The van der Waals surface area contributed by atoms with Crippen LogP contribution in [0, 0.1) is 5.92 Å². The van der Waals surface area contributed by atoms with Gasteiger partial charge in [0.05, 0.1) is 18.5 Å². The van der Waals surface area contributed by atoms with Gasteiger partial charge >= 0.3 is 0 Å². The summed E-state index contributed by atoms with van der Waals surface area (Å²) in [4.78, 5) is 0. The van der Waals surface area contributed by atoms with Crippen LogP contribution in [0.4, 0.5) is 0 Å². The van der Waals surface area contributed by atoms with Crippen LogP contribution in [0.1, 0.15) is 42.4 Å². The fraction of sp³-hybridized carbons (Fsp3) is 0.310. The van der Waals surface area contributed by atoms with Crippen molar-refractivity contribution in [2.45, 2.75) is 38.4 Å². The average molecular weight is 426 g/mol. The molecule has 0 amide bonds. The van der Waals surface area contributed by atoms with Gasteiger partial charge in [0.2, 0.25) is 0 Å². The van der Waals surface area contributed by atoms with Crippen LogP contribution in [0.5, 0.6) is 0 Å². The predicted molar refractivity (Wildman–Crippen MR) is 132 cm³/mol. The average Bonchev–Trinajstić information content (AvgIpc) is 2.84. The highest BCUT2D eigenvalue weighted by molar-refractivity contribution is 5.83. The molecule has 2 aliphatic rings. The number of benzene rings is 3. The zero-order valence-electron chi connectivity index (χ0n) is 18.6. The molecular weight excluding hydrogens is 394 g/mol. The van der Waals surface area contributed by atoms with E-state index in [0.717, 1.165) is 31.5 Å². The van der Waals surface area contributed by atoms with Gasteiger partial charge in [-0.05, 0) is 64.6 Å². The van der Waals surface area contributed by atoms with E-state index in [0.29, 0.717) is 18.3 Å². The van der Waals surface area contributed by atoms with Crippen LogP contribution in [-0.4, -0.2) is 24.3 Å². The van der Waals surface area contributed by atoms with Gasteiger partial charge < -0.3 is 15.2 Å². The lowest BCUT2D eigenvalue weighted by Crippen LogP contribution is -2.41. The molecule has 1 saturated heterocycles. The third-order valence-corrected chi connectivity index (χ3v) is 6.85. The predicted octanol–water partition coefficient (Wildman–Crippen LogP) is 6.37. The lowest BCUT2D eigenvalue weighted by Gasteiger charge is -2.33. The number of fused-ring (bicyclic) bond motifs is 1. The summed E-state index contributed by atoms with van der Waals surface area (Å²) in [6.07, 6.45) is 6.23. The molecule has 1 aliphatic heterocycles. The molecule has 1 unspecified atom stereocenters. The third kappa shape index (κ3) is 4.50. The van der Waals surface area contributed by atoms with Crippen LogP contribution in [0.25, 0.3) is 16.3 Å². The number of ether oxygens (including phenoxy) is 1. The summed E-state index contributed by atoms with van der Waals surface area (Å²) in [5.41, 5.74) is 4.82. The molecular formula is C29H31NO2. The van der Waals surface area contributed by atoms with Crippen LogP contribution < -0.4 is 5.32 Å². The minimum atomic E-state index is 0.134. The number of allylic oxidation sites excluding steroid dienone is 4. The SMILES string of the molecule is CC1CC=C(c2cccc([C@H]3CCNC[C@@H]3OCc3ccc4ccccc4c3)c2)C=C1O. The van der Waals surface area contributed by atoms with Crippen molar-refractivity contribution in [1.29, 1.82) is 0 Å². The Labute approximate surface area is 190 Å². The zero-order valence-corrected chi connectivity index (χ0v) is 18.6. The van der Waals surface area contributed by atoms with Crippen LogP contribution in [0.15, 0.2) is 84.6 Å². The van der Waals surface area contributed by atoms with E-state index in [4.69, 9.17) is 4.74 Å². The van der Waals surface area contributed by atoms with E-state index >= 15 is 0 Å². The van der Waals surface area contributed by atoms with E-state index in [1.165, 1.54) is 27.5 Å². The van der Waals surface area contributed by atoms with Gasteiger partial charge in [-0.3, -0.25) is 0 Å². The van der Waals surface area contributed by atoms with Crippen LogP contribution in [0.3, 0.4) is 0 Å². The van der Waals surface area contributed by atoms with E-state index < -0.39 is 0 Å². The second kappa shape index (κ2) is 9.32. The molecule has 0 spiro atoms. The van der Waals surface area contributed by atoms with Gasteiger partial charge in [-0.25, -0.2) is 0 Å². The Bertz CT molecular complexity index is 1160. The Kier molecular flexibility index (Phi) is 6.11. The smallest absolute Gasteiger partial charge is 0.0959 e. The lowest BCUT2D eigenvalue weighted by atomic mass is 9.85. The number of aliphatic hydroxyl groups is 1. The first-order chi connectivity index (χ1) is 15.7. The summed E-state index contributed by atoms with van der Waals surface area (Å²) in [6, 6.07) is 23.8. The normalized spacial score (nSPS) is 23.6. The molecule has 0 bridgehead atoms. The highest BCUT2D eigenvalue weighted by atomic mass is 16.5. The standard InChI is InChI=1S/C29H31NO2/c1-20-9-11-25(17-28(20)31)24-7-4-8-26(16-24)27-13-14-30-18-29(27)32-19-21-10-12-22-5-2-3-6-23(22)15-21/h2-8,10-12,15-17,20,27,29-31H,9,13-14,18-19H2,1H3/t20?,27-,29+/m1/s1. The largest absolute Gasteiger partial charge is 0.512 e. The highest BCUT2D eigenvalue weighted by Gasteiger charge is 2.27. The summed E-state index contributed by atoms with van der Waals surface area (Å²) in [5.74, 6) is 1.04. The van der Waals surface area contributed by atoms with Crippen molar-refractivity contribution in [3.05, 3.63) is 101 Å². The van der Waals surface area contributed by atoms with Gasteiger partial charge in [0, 0.05) is 18.4 Å². The number of hydrogen-bond acceptors (Lipinski definition) is 3. The number of hydrogen-bond donors (Lipinski definition) is 2. The van der Waals surface area contributed by atoms with Gasteiger partial charge in [-0.2, -0.15) is 0 Å². The van der Waals surface area contributed by atoms with Gasteiger partial charge in [0.25, 0.3) is 0 Å². The number of piperidine rings is 1. The van der Waals surface area contributed by atoms with E-state index in [2.05, 4.69) is 85.0 Å². The maximum absolute atomic E-state index is 10.2. The van der Waals surface area contributed by atoms with Gasteiger partial charge in [-0.1, -0.05) is 73.7 Å². The Morgan fingerprint density at radius 1 is 1.00 bits per heavy atom. The van der Waals surface area contributed by atoms with E-state index in [-0.39, 0.29) is 12.0 Å². The molecule has 32 heavy (non-hydrogen) atoms. The molecule has 3 aromatic carbocycles. The Morgan fingerprint density at radius 3 is 2.75 bits per heavy atom. The minimum absolute atomic E-state index is 0.134. The number of nitrogens with one attached hydrogen (secondary N) is 1. The molecule has 3 nitrogen and oxygen atoms in total. The van der Waals surface area contributed by atoms with Crippen molar-refractivity contribution >= 4 is 16.3 Å². The molecule has 2 N–H and O–H groups in total. The number of rotatable bonds is 5. The van der Waals surface area contributed by atoms with Crippen molar-refractivity contribution < 1.29 is 9.84 Å². The molecule has 1 heterocycles. The van der Waals surface area contributed by atoms with Gasteiger partial charge in [0.15, 0.2) is 0 Å². The molecule has 164 valence electrons. The van der Waals surface area contributed by atoms with Crippen LogP contribution in [0.2, 0.25) is 0 Å². The second-order valence-electron chi connectivity index (χ2n) is 9.12. The van der Waals surface area contributed by atoms with Crippen molar-refractivity contribution in [2.75, 3.05) is 13.1 Å². The molecule has 0 saturated carbocycles. The Morgan fingerprint density at radius 2 is 1.88 bits per heavy atom. The molecule has 0 aromatic heterocycles. The third-order valence-electron chi connectivity index (χ3n) is 6.85. The van der Waals surface area contributed by atoms with E-state index in [1.54, 1.807) is 0 Å². The first kappa shape index (κ1) is 21.0. The fourth-order valence-corrected chi connectivity index (χ4v) is 4.85. The molecule has 5 rings (SSSR count). The maximum Gasteiger partial charge on any atom is 0.0959 e. The summed E-state index contributed by atoms with van der Waals surface area (Å²) in [7, 11) is 0. The summed E-state index contributed by atoms with van der Waals surface area (Å²) in [6.45, 7) is 4.55. The molecule has 1 fully saturated rings. The van der Waals surface area contributed by atoms with E-state index in [9.17, 15) is 5.11 Å². The summed E-state index contributed by atoms with van der Waals surface area (Å²) in [5, 5.41) is 16.2. The second-order valence-corrected chi connectivity index (χ2v) is 9.12. The highest BCUT2D eigenvalue weighted by Crippen LogP contribution is 2.33. The zero-order chi connectivity index (χ0) is 21.9. The Balaban J connectivity index is 1.33. The first-order valence-electron chi connectivity index (χ1n) is 11.7. The first-order valence-corrected chi connectivity index (χ1v) is 11.7. The van der Waals surface area contributed by atoms with Crippen LogP contribution in [-0.2, 0) is 11.3 Å². The van der Waals surface area contributed by atoms with Crippen molar-refractivity contribution in [1.82, 2.24) is 5.32 Å². The number of aliphatic hydroxyl groups excluding tert-OH is 1. The van der Waals surface area contributed by atoms with Crippen molar-refractivity contribution in [3.8, 4) is 0 Å². The topological polar surface area (TPSA) is 41.5 Å². The maximum atomic E-state index is 10.2. The van der Waals surface area contributed by atoms with Gasteiger partial charge in [-0.15, -0.1) is 0 Å². The van der Waals surface area contributed by atoms with E-state index in [1.807, 2.05) is 6.08 Å². The molecule has 0 radical (unpaired) electrons. The quantitative estimate of drug-likeness (QED) is 0.499. The summed E-state index contributed by atoms with van der Waals surface area (Å²) < 4.78 is 6.47. The molecule has 1 aliphatic carbocycles. The Hall–Kier alpha value is -2.88.